The lowest BCUT2D eigenvalue weighted by atomic mass is 9.99. The summed E-state index contributed by atoms with van der Waals surface area (Å²) in [7, 11) is 1.83. The van der Waals surface area contributed by atoms with Gasteiger partial charge in [-0.2, -0.15) is 0 Å². The molecule has 0 radical (unpaired) electrons. The van der Waals surface area contributed by atoms with Gasteiger partial charge in [-0.3, -0.25) is 4.99 Å². The molecule has 1 atom stereocenters. The molecule has 0 fully saturated rings. The molecule has 0 aliphatic carbocycles. The third kappa shape index (κ3) is 7.73. The lowest BCUT2D eigenvalue weighted by Gasteiger charge is -2.18. The maximum atomic E-state index is 4.28. The van der Waals surface area contributed by atoms with Gasteiger partial charge in [0.25, 0.3) is 0 Å². The Hall–Kier alpha value is -1.52. The van der Waals surface area contributed by atoms with Gasteiger partial charge in [0, 0.05) is 39.1 Å². The second-order valence-electron chi connectivity index (χ2n) is 5.45. The molecule has 5 heteroatoms. The van der Waals surface area contributed by atoms with Crippen molar-refractivity contribution in [3.63, 3.8) is 0 Å². The maximum absolute atomic E-state index is 4.28. The van der Waals surface area contributed by atoms with E-state index in [-0.39, 0.29) is 0 Å². The van der Waals surface area contributed by atoms with Gasteiger partial charge in [0.1, 0.15) is 0 Å². The second kappa shape index (κ2) is 11.2. The van der Waals surface area contributed by atoms with Crippen molar-refractivity contribution >= 4 is 5.96 Å². The average molecular weight is 293 g/mol. The number of aryl methyl sites for hydroxylation is 1. The lowest BCUT2D eigenvalue weighted by molar-refractivity contribution is 0.443. The van der Waals surface area contributed by atoms with Crippen molar-refractivity contribution in [2.45, 2.75) is 52.5 Å². The number of nitrogens with one attached hydrogen (secondary N) is 2. The summed E-state index contributed by atoms with van der Waals surface area (Å²) < 4.78 is 2.09. The number of aliphatic imine (C=N–C) groups is 1. The molecule has 1 rings (SSSR count). The summed E-state index contributed by atoms with van der Waals surface area (Å²) in [5, 5.41) is 6.82. The number of guanidine groups is 1. The fourth-order valence-electron chi connectivity index (χ4n) is 2.29. The quantitative estimate of drug-likeness (QED) is 0.396. The van der Waals surface area contributed by atoms with Gasteiger partial charge in [-0.1, -0.05) is 33.1 Å². The molecule has 1 unspecified atom stereocenters. The summed E-state index contributed by atoms with van der Waals surface area (Å²) in [5.41, 5.74) is 0. The van der Waals surface area contributed by atoms with Gasteiger partial charge >= 0.3 is 0 Å². The zero-order valence-corrected chi connectivity index (χ0v) is 13.8. The van der Waals surface area contributed by atoms with Crippen LogP contribution in [-0.4, -0.2) is 35.6 Å². The van der Waals surface area contributed by atoms with E-state index in [1.54, 1.807) is 0 Å². The van der Waals surface area contributed by atoms with Crippen molar-refractivity contribution in [3.8, 4) is 0 Å². The molecule has 1 aromatic heterocycles. The molecule has 0 saturated carbocycles. The van der Waals surface area contributed by atoms with E-state index in [4.69, 9.17) is 0 Å². The van der Waals surface area contributed by atoms with E-state index in [1.165, 1.54) is 25.7 Å². The van der Waals surface area contributed by atoms with Crippen LogP contribution in [0.25, 0.3) is 0 Å². The van der Waals surface area contributed by atoms with Crippen LogP contribution in [0.4, 0.5) is 0 Å². The van der Waals surface area contributed by atoms with Gasteiger partial charge in [0.15, 0.2) is 5.96 Å². The Morgan fingerprint density at radius 3 is 2.76 bits per heavy atom. The molecule has 0 amide bonds. The Bertz CT molecular complexity index is 372. The number of nitrogens with zero attached hydrogens (tertiary/aromatic N) is 3. The molecule has 0 bridgehead atoms. The highest BCUT2D eigenvalue weighted by Crippen LogP contribution is 2.10. The second-order valence-corrected chi connectivity index (χ2v) is 5.45. The van der Waals surface area contributed by atoms with Crippen molar-refractivity contribution in [1.82, 2.24) is 20.2 Å². The molecule has 5 nitrogen and oxygen atoms in total. The molecule has 21 heavy (non-hydrogen) atoms. The summed E-state index contributed by atoms with van der Waals surface area (Å²) >= 11 is 0. The largest absolute Gasteiger partial charge is 0.356 e. The third-order valence-electron chi connectivity index (χ3n) is 3.77. The highest BCUT2D eigenvalue weighted by Gasteiger charge is 2.06. The van der Waals surface area contributed by atoms with Crippen LogP contribution in [0.1, 0.15) is 46.0 Å². The molecule has 0 aromatic carbocycles. The first-order chi connectivity index (χ1) is 10.3. The molecule has 0 saturated heterocycles. The topological polar surface area (TPSA) is 54.2 Å². The van der Waals surface area contributed by atoms with Gasteiger partial charge in [0.2, 0.25) is 0 Å². The van der Waals surface area contributed by atoms with Gasteiger partial charge in [-0.15, -0.1) is 0 Å². The Labute approximate surface area is 129 Å². The van der Waals surface area contributed by atoms with Gasteiger partial charge < -0.3 is 15.2 Å². The molecule has 120 valence electrons. The predicted octanol–water partition coefficient (Wildman–Crippen LogP) is 2.65. The number of hydrogen-bond donors (Lipinski definition) is 2. The van der Waals surface area contributed by atoms with Crippen molar-refractivity contribution in [2.75, 3.05) is 20.1 Å². The number of unbranched alkanes of at least 4 members (excludes halogenated alkanes) is 1. The van der Waals surface area contributed by atoms with E-state index in [1.807, 2.05) is 25.8 Å². The molecular formula is C16H31N5. The summed E-state index contributed by atoms with van der Waals surface area (Å²) in [4.78, 5) is 8.33. The number of hydrogen-bond acceptors (Lipinski definition) is 2. The van der Waals surface area contributed by atoms with Crippen molar-refractivity contribution in [2.24, 2.45) is 10.9 Å². The lowest BCUT2D eigenvalue weighted by Crippen LogP contribution is -2.40. The zero-order valence-electron chi connectivity index (χ0n) is 13.8. The van der Waals surface area contributed by atoms with Crippen molar-refractivity contribution < 1.29 is 0 Å². The fraction of sp³-hybridized carbons (Fsp3) is 0.750. The minimum atomic E-state index is 0.745. The monoisotopic (exact) mass is 293 g/mol. The Morgan fingerprint density at radius 1 is 1.29 bits per heavy atom. The molecule has 2 N–H and O–H groups in total. The highest BCUT2D eigenvalue weighted by atomic mass is 15.2. The Balaban J connectivity index is 2.16. The minimum absolute atomic E-state index is 0.745. The van der Waals surface area contributed by atoms with Crippen LogP contribution in [0, 0.1) is 5.92 Å². The van der Waals surface area contributed by atoms with Crippen LogP contribution >= 0.6 is 0 Å². The normalized spacial score (nSPS) is 13.2. The first-order valence-electron chi connectivity index (χ1n) is 8.20. The van der Waals surface area contributed by atoms with Gasteiger partial charge in [0.05, 0.1) is 6.33 Å². The predicted molar refractivity (Wildman–Crippen MR) is 89.5 cm³/mol. The van der Waals surface area contributed by atoms with Crippen LogP contribution in [-0.2, 0) is 6.54 Å². The maximum Gasteiger partial charge on any atom is 0.190 e. The van der Waals surface area contributed by atoms with E-state index in [0.29, 0.717) is 0 Å². The number of aromatic nitrogens is 2. The molecule has 1 heterocycles. The SMILES string of the molecule is CCCCC(CC)CNC(=NC)NCCCn1ccnc1. The van der Waals surface area contributed by atoms with E-state index in [0.717, 1.165) is 37.9 Å². The summed E-state index contributed by atoms with van der Waals surface area (Å²) in [6.45, 7) is 7.43. The van der Waals surface area contributed by atoms with Crippen LogP contribution in [0.15, 0.2) is 23.7 Å². The van der Waals surface area contributed by atoms with Crippen LogP contribution in [0.5, 0.6) is 0 Å². The Kier molecular flexibility index (Phi) is 9.33. The zero-order chi connectivity index (χ0) is 15.3. The van der Waals surface area contributed by atoms with Crippen molar-refractivity contribution in [1.29, 1.82) is 0 Å². The van der Waals surface area contributed by atoms with Crippen LogP contribution in [0.3, 0.4) is 0 Å². The first kappa shape index (κ1) is 17.5. The molecule has 0 aliphatic rings. The van der Waals surface area contributed by atoms with Crippen LogP contribution < -0.4 is 10.6 Å². The molecule has 0 aliphatic heterocycles. The van der Waals surface area contributed by atoms with Crippen molar-refractivity contribution in [3.05, 3.63) is 18.7 Å². The molecule has 1 aromatic rings. The first-order valence-corrected chi connectivity index (χ1v) is 8.20. The summed E-state index contributed by atoms with van der Waals surface area (Å²) in [6.07, 6.45) is 11.8. The van der Waals surface area contributed by atoms with Gasteiger partial charge in [-0.25, -0.2) is 4.98 Å². The van der Waals surface area contributed by atoms with E-state index in [9.17, 15) is 0 Å². The molecule has 0 spiro atoms. The third-order valence-corrected chi connectivity index (χ3v) is 3.77. The van der Waals surface area contributed by atoms with E-state index in [2.05, 4.69) is 39.0 Å². The highest BCUT2D eigenvalue weighted by molar-refractivity contribution is 5.79. The number of rotatable bonds is 10. The number of imidazole rings is 1. The fourth-order valence-corrected chi connectivity index (χ4v) is 2.29. The standard InChI is InChI=1S/C16H31N5/c1-4-6-8-15(5-2)13-20-16(17-3)19-9-7-11-21-12-10-18-14-21/h10,12,14-15H,4-9,11,13H2,1-3H3,(H2,17,19,20). The van der Waals surface area contributed by atoms with Gasteiger partial charge in [-0.05, 0) is 18.8 Å². The summed E-state index contributed by atoms with van der Waals surface area (Å²) in [6, 6.07) is 0. The Morgan fingerprint density at radius 2 is 2.14 bits per heavy atom. The van der Waals surface area contributed by atoms with E-state index >= 15 is 0 Å². The summed E-state index contributed by atoms with van der Waals surface area (Å²) in [5.74, 6) is 1.66. The van der Waals surface area contributed by atoms with Crippen LogP contribution in [0.2, 0.25) is 0 Å². The molecular weight excluding hydrogens is 262 g/mol. The smallest absolute Gasteiger partial charge is 0.190 e. The van der Waals surface area contributed by atoms with E-state index < -0.39 is 0 Å². The average Bonchev–Trinajstić information content (AvgIpc) is 3.02. The minimum Gasteiger partial charge on any atom is -0.356 e.